The molecule has 0 bridgehead atoms. The molecule has 1 amide bonds. The fourth-order valence-electron chi connectivity index (χ4n) is 2.06. The molecule has 0 aliphatic heterocycles. The van der Waals surface area contributed by atoms with Gasteiger partial charge in [0.05, 0.1) is 17.9 Å². The number of carbonyl (C=O) groups is 1. The first-order chi connectivity index (χ1) is 10.1. The first-order valence-corrected chi connectivity index (χ1v) is 6.37. The molecule has 2 rings (SSSR count). The van der Waals surface area contributed by atoms with Crippen LogP contribution in [-0.4, -0.2) is 21.2 Å². The van der Waals surface area contributed by atoms with Gasteiger partial charge < -0.3 is 16.2 Å². The highest BCUT2D eigenvalue weighted by Crippen LogP contribution is 2.27. The Kier molecular flexibility index (Phi) is 4.50. The minimum absolute atomic E-state index is 0.393. The van der Waals surface area contributed by atoms with Crippen molar-refractivity contribution in [1.82, 2.24) is 15.3 Å². The average molecular weight is 284 g/mol. The smallest absolute Gasteiger partial charge is 0.405 e. The van der Waals surface area contributed by atoms with Crippen LogP contribution in [0.4, 0.5) is 10.5 Å². The molecule has 0 aromatic carbocycles. The minimum Gasteiger partial charge on any atom is -0.465 e. The van der Waals surface area contributed by atoms with Crippen molar-refractivity contribution in [3.8, 4) is 11.1 Å². The second-order valence-corrected chi connectivity index (χ2v) is 4.50. The van der Waals surface area contributed by atoms with Gasteiger partial charge in [0.25, 0.3) is 0 Å². The summed E-state index contributed by atoms with van der Waals surface area (Å²) in [4.78, 5) is 19.0. The van der Waals surface area contributed by atoms with E-state index in [-0.39, 0.29) is 0 Å². The molecule has 0 fully saturated rings. The van der Waals surface area contributed by atoms with Crippen LogP contribution in [0, 0.1) is 0 Å². The molecule has 0 radical (unpaired) electrons. The Morgan fingerprint density at radius 2 is 2.24 bits per heavy atom. The van der Waals surface area contributed by atoms with Gasteiger partial charge in [-0.3, -0.25) is 9.97 Å². The molecule has 6 nitrogen and oxygen atoms in total. The SMILES string of the molecule is C=CCC(NC(=O)O)c1cncc(-c2ccncc2N)c1. The van der Waals surface area contributed by atoms with Gasteiger partial charge in [-0.1, -0.05) is 6.08 Å². The Bertz CT molecular complexity index is 658. The van der Waals surface area contributed by atoms with Gasteiger partial charge in [0, 0.05) is 29.7 Å². The molecular weight excluding hydrogens is 268 g/mol. The number of anilines is 1. The lowest BCUT2D eigenvalue weighted by molar-refractivity contribution is 0.190. The highest BCUT2D eigenvalue weighted by molar-refractivity contribution is 5.75. The van der Waals surface area contributed by atoms with Crippen molar-refractivity contribution in [1.29, 1.82) is 0 Å². The summed E-state index contributed by atoms with van der Waals surface area (Å²) in [5, 5.41) is 11.4. The predicted octanol–water partition coefficient (Wildman–Crippen LogP) is 2.61. The molecule has 1 atom stereocenters. The van der Waals surface area contributed by atoms with E-state index >= 15 is 0 Å². The van der Waals surface area contributed by atoms with Gasteiger partial charge in [0.2, 0.25) is 0 Å². The minimum atomic E-state index is -1.09. The lowest BCUT2D eigenvalue weighted by atomic mass is 10.0. The van der Waals surface area contributed by atoms with E-state index in [2.05, 4.69) is 21.9 Å². The van der Waals surface area contributed by atoms with Gasteiger partial charge in [-0.05, 0) is 24.1 Å². The van der Waals surface area contributed by atoms with Crippen LogP contribution in [0.3, 0.4) is 0 Å². The maximum atomic E-state index is 10.9. The van der Waals surface area contributed by atoms with Crippen LogP contribution in [0.25, 0.3) is 11.1 Å². The van der Waals surface area contributed by atoms with Crippen LogP contribution in [0.2, 0.25) is 0 Å². The molecule has 0 saturated carbocycles. The molecule has 2 heterocycles. The second-order valence-electron chi connectivity index (χ2n) is 4.50. The number of pyridine rings is 2. The molecule has 4 N–H and O–H groups in total. The van der Waals surface area contributed by atoms with Gasteiger partial charge in [-0.15, -0.1) is 6.58 Å². The van der Waals surface area contributed by atoms with Crippen molar-refractivity contribution < 1.29 is 9.90 Å². The van der Waals surface area contributed by atoms with E-state index in [1.165, 1.54) is 0 Å². The number of nitrogens with zero attached hydrogens (tertiary/aromatic N) is 2. The van der Waals surface area contributed by atoms with E-state index in [0.717, 1.165) is 16.7 Å². The van der Waals surface area contributed by atoms with Crippen molar-refractivity contribution in [3.05, 3.63) is 55.1 Å². The second kappa shape index (κ2) is 6.51. The molecule has 21 heavy (non-hydrogen) atoms. The van der Waals surface area contributed by atoms with Crippen LogP contribution in [0.1, 0.15) is 18.0 Å². The number of nitrogens with one attached hydrogen (secondary N) is 1. The van der Waals surface area contributed by atoms with Crippen LogP contribution < -0.4 is 11.1 Å². The van der Waals surface area contributed by atoms with Crippen LogP contribution >= 0.6 is 0 Å². The van der Waals surface area contributed by atoms with E-state index < -0.39 is 12.1 Å². The lowest BCUT2D eigenvalue weighted by Crippen LogP contribution is -2.26. The maximum Gasteiger partial charge on any atom is 0.405 e. The first-order valence-electron chi connectivity index (χ1n) is 6.37. The van der Waals surface area contributed by atoms with Crippen LogP contribution in [0.15, 0.2) is 49.6 Å². The molecule has 2 aromatic heterocycles. The summed E-state index contributed by atoms with van der Waals surface area (Å²) in [5.74, 6) is 0. The van der Waals surface area contributed by atoms with Gasteiger partial charge in [0.15, 0.2) is 0 Å². The molecule has 0 aliphatic rings. The fraction of sp³-hybridized carbons (Fsp3) is 0.133. The van der Waals surface area contributed by atoms with Crippen molar-refractivity contribution in [2.45, 2.75) is 12.5 Å². The summed E-state index contributed by atoms with van der Waals surface area (Å²) >= 11 is 0. The van der Waals surface area contributed by atoms with E-state index in [0.29, 0.717) is 12.1 Å². The third kappa shape index (κ3) is 3.56. The summed E-state index contributed by atoms with van der Waals surface area (Å²) in [5.41, 5.74) is 8.83. The number of nitrogen functional groups attached to an aromatic ring is 1. The van der Waals surface area contributed by atoms with Crippen molar-refractivity contribution in [3.63, 3.8) is 0 Å². The van der Waals surface area contributed by atoms with Crippen molar-refractivity contribution >= 4 is 11.8 Å². The van der Waals surface area contributed by atoms with E-state index in [1.807, 2.05) is 6.07 Å². The zero-order valence-electron chi connectivity index (χ0n) is 11.4. The number of nitrogens with two attached hydrogens (primary N) is 1. The first kappa shape index (κ1) is 14.5. The summed E-state index contributed by atoms with van der Waals surface area (Å²) in [6, 6.07) is 3.27. The summed E-state index contributed by atoms with van der Waals surface area (Å²) in [6.45, 7) is 3.65. The number of amides is 1. The number of hydrogen-bond acceptors (Lipinski definition) is 4. The van der Waals surface area contributed by atoms with Crippen LogP contribution in [0.5, 0.6) is 0 Å². The fourth-order valence-corrected chi connectivity index (χ4v) is 2.06. The molecule has 1 unspecified atom stereocenters. The van der Waals surface area contributed by atoms with E-state index in [9.17, 15) is 4.79 Å². The third-order valence-corrected chi connectivity index (χ3v) is 3.02. The Balaban J connectivity index is 2.38. The average Bonchev–Trinajstić information content (AvgIpc) is 2.47. The molecule has 0 aliphatic carbocycles. The van der Waals surface area contributed by atoms with E-state index in [1.54, 1.807) is 36.9 Å². The summed E-state index contributed by atoms with van der Waals surface area (Å²) < 4.78 is 0. The standard InChI is InChI=1S/C15H16N4O2/c1-2-3-14(19-15(20)21)11-6-10(7-18-8-11)12-4-5-17-9-13(12)16/h2,4-9,14,19H,1,3,16H2,(H,20,21). The number of hydrogen-bond donors (Lipinski definition) is 3. The summed E-state index contributed by atoms with van der Waals surface area (Å²) in [6.07, 6.45) is 7.58. The largest absolute Gasteiger partial charge is 0.465 e. The molecule has 108 valence electrons. The number of carboxylic acid groups (broad SMARTS) is 1. The normalized spacial score (nSPS) is 11.6. The molecule has 6 heteroatoms. The Hall–Kier alpha value is -2.89. The highest BCUT2D eigenvalue weighted by atomic mass is 16.4. The summed E-state index contributed by atoms with van der Waals surface area (Å²) in [7, 11) is 0. The zero-order valence-corrected chi connectivity index (χ0v) is 11.4. The van der Waals surface area contributed by atoms with Gasteiger partial charge in [-0.2, -0.15) is 0 Å². The number of aromatic nitrogens is 2. The molecule has 2 aromatic rings. The lowest BCUT2D eigenvalue weighted by Gasteiger charge is -2.16. The topological polar surface area (TPSA) is 101 Å². The molecule has 0 saturated heterocycles. The Morgan fingerprint density at radius 1 is 1.43 bits per heavy atom. The quantitative estimate of drug-likeness (QED) is 0.733. The number of rotatable bonds is 5. The molecule has 0 spiro atoms. The zero-order chi connectivity index (χ0) is 15.2. The van der Waals surface area contributed by atoms with Gasteiger partial charge >= 0.3 is 6.09 Å². The Morgan fingerprint density at radius 3 is 2.90 bits per heavy atom. The van der Waals surface area contributed by atoms with Gasteiger partial charge in [-0.25, -0.2) is 4.79 Å². The van der Waals surface area contributed by atoms with Crippen molar-refractivity contribution in [2.75, 3.05) is 5.73 Å². The Labute approximate surface area is 122 Å². The molecular formula is C15H16N4O2. The predicted molar refractivity (Wildman–Crippen MR) is 80.6 cm³/mol. The van der Waals surface area contributed by atoms with Crippen molar-refractivity contribution in [2.24, 2.45) is 0 Å². The van der Waals surface area contributed by atoms with E-state index in [4.69, 9.17) is 10.8 Å². The maximum absolute atomic E-state index is 10.9. The third-order valence-electron chi connectivity index (χ3n) is 3.02. The van der Waals surface area contributed by atoms with Crippen LogP contribution in [-0.2, 0) is 0 Å². The van der Waals surface area contributed by atoms with Gasteiger partial charge in [0.1, 0.15) is 0 Å². The monoisotopic (exact) mass is 284 g/mol. The highest BCUT2D eigenvalue weighted by Gasteiger charge is 2.14.